The van der Waals surface area contributed by atoms with Gasteiger partial charge in [0.25, 0.3) is 0 Å². The van der Waals surface area contributed by atoms with E-state index in [4.69, 9.17) is 9.72 Å². The fraction of sp³-hybridized carbons (Fsp3) is 0.481. The van der Waals surface area contributed by atoms with Crippen molar-refractivity contribution in [1.82, 2.24) is 19.9 Å². The molecule has 1 saturated heterocycles. The first kappa shape index (κ1) is 24.3. The first-order valence-electron chi connectivity index (χ1n) is 12.4. The number of rotatable bonds is 7. The largest absolute Gasteiger partial charge is 0.473 e. The van der Waals surface area contributed by atoms with E-state index in [1.54, 1.807) is 26.0 Å². The number of anilines is 1. The van der Waals surface area contributed by atoms with Crippen LogP contribution in [0.1, 0.15) is 67.8 Å². The van der Waals surface area contributed by atoms with Crippen molar-refractivity contribution in [2.75, 3.05) is 25.5 Å². The van der Waals surface area contributed by atoms with E-state index in [2.05, 4.69) is 33.3 Å². The number of hydrogen-bond acceptors (Lipinski definition) is 7. The van der Waals surface area contributed by atoms with Crippen molar-refractivity contribution in [3.8, 4) is 11.9 Å². The van der Waals surface area contributed by atoms with Crippen molar-refractivity contribution < 1.29 is 13.5 Å². The second-order valence-electron chi connectivity index (χ2n) is 10.0. The van der Waals surface area contributed by atoms with Gasteiger partial charge in [-0.2, -0.15) is 10.2 Å². The third-order valence-corrected chi connectivity index (χ3v) is 7.18. The van der Waals surface area contributed by atoms with E-state index in [0.29, 0.717) is 34.1 Å². The minimum absolute atomic E-state index is 0.00175. The number of likely N-dealkylation sites (tertiary alicyclic amines) is 1. The van der Waals surface area contributed by atoms with Crippen LogP contribution in [0, 0.1) is 24.1 Å². The zero-order valence-corrected chi connectivity index (χ0v) is 21.0. The van der Waals surface area contributed by atoms with E-state index >= 15 is 4.39 Å². The molecule has 2 aliphatic rings. The molecule has 5 rings (SSSR count). The van der Waals surface area contributed by atoms with Crippen molar-refractivity contribution in [3.63, 3.8) is 0 Å². The minimum atomic E-state index is -1.41. The van der Waals surface area contributed by atoms with Crippen LogP contribution < -0.4 is 10.1 Å². The third-order valence-electron chi connectivity index (χ3n) is 7.18. The molecule has 0 bridgehead atoms. The first-order chi connectivity index (χ1) is 17.2. The molecule has 0 radical (unpaired) electrons. The van der Waals surface area contributed by atoms with E-state index in [-0.39, 0.29) is 11.7 Å². The average molecular weight is 493 g/mol. The van der Waals surface area contributed by atoms with E-state index in [1.165, 1.54) is 13.0 Å². The van der Waals surface area contributed by atoms with Crippen molar-refractivity contribution >= 4 is 16.9 Å². The SMILES string of the molecule is Cc1nc(N[C@H](C)c2cccc(C(C)F)c2F)c2cc(C3(C#N)CC3)c(O[C@@H]3CCN(C)C3)nc2n1. The molecule has 9 heteroatoms. The molecule has 1 unspecified atom stereocenters. The van der Waals surface area contributed by atoms with Crippen molar-refractivity contribution in [3.05, 3.63) is 52.6 Å². The highest BCUT2D eigenvalue weighted by atomic mass is 19.1. The lowest BCUT2D eigenvalue weighted by molar-refractivity contribution is 0.198. The highest BCUT2D eigenvalue weighted by Gasteiger charge is 2.48. The molecule has 2 fully saturated rings. The number of hydrogen-bond donors (Lipinski definition) is 1. The summed E-state index contributed by atoms with van der Waals surface area (Å²) in [5.74, 6) is 0.865. The number of ether oxygens (including phenoxy) is 1. The number of pyridine rings is 1. The van der Waals surface area contributed by atoms with E-state index in [9.17, 15) is 9.65 Å². The quantitative estimate of drug-likeness (QED) is 0.478. The molecule has 36 heavy (non-hydrogen) atoms. The molecule has 188 valence electrons. The van der Waals surface area contributed by atoms with E-state index in [0.717, 1.165) is 37.9 Å². The summed E-state index contributed by atoms with van der Waals surface area (Å²) in [7, 11) is 2.05. The molecule has 1 aliphatic heterocycles. The Kier molecular flexibility index (Phi) is 6.25. The Morgan fingerprint density at radius 3 is 2.61 bits per heavy atom. The molecule has 1 aromatic carbocycles. The van der Waals surface area contributed by atoms with Gasteiger partial charge < -0.3 is 15.0 Å². The van der Waals surface area contributed by atoms with Gasteiger partial charge in [-0.25, -0.2) is 18.7 Å². The predicted octanol–water partition coefficient (Wildman–Crippen LogP) is 5.31. The third kappa shape index (κ3) is 4.46. The number of nitrogens with one attached hydrogen (secondary N) is 1. The number of fused-ring (bicyclic) bond motifs is 1. The molecule has 0 spiro atoms. The summed E-state index contributed by atoms with van der Waals surface area (Å²) in [4.78, 5) is 16.1. The maximum Gasteiger partial charge on any atom is 0.220 e. The Hall–Kier alpha value is -3.38. The molecule has 3 heterocycles. The monoisotopic (exact) mass is 492 g/mol. The van der Waals surface area contributed by atoms with Crippen LogP contribution in [-0.4, -0.2) is 46.1 Å². The Labute approximate surface area is 209 Å². The summed E-state index contributed by atoms with van der Waals surface area (Å²) in [6, 6.07) is 8.60. The minimum Gasteiger partial charge on any atom is -0.473 e. The summed E-state index contributed by atoms with van der Waals surface area (Å²) in [6.45, 7) is 6.63. The van der Waals surface area contributed by atoms with Crippen LogP contribution in [0.5, 0.6) is 5.88 Å². The van der Waals surface area contributed by atoms with Crippen LogP contribution in [0.25, 0.3) is 11.0 Å². The van der Waals surface area contributed by atoms with Gasteiger partial charge in [0.1, 0.15) is 29.7 Å². The topological polar surface area (TPSA) is 87.0 Å². The number of benzene rings is 1. The number of aryl methyl sites for hydroxylation is 1. The zero-order chi connectivity index (χ0) is 25.6. The van der Waals surface area contributed by atoms with Crippen molar-refractivity contribution in [2.24, 2.45) is 0 Å². The Bertz CT molecular complexity index is 1350. The number of likely N-dealkylation sites (N-methyl/N-ethyl adjacent to an activating group) is 1. The van der Waals surface area contributed by atoms with Crippen LogP contribution in [0.3, 0.4) is 0 Å². The van der Waals surface area contributed by atoms with Gasteiger partial charge in [-0.15, -0.1) is 0 Å². The lowest BCUT2D eigenvalue weighted by atomic mass is 9.97. The van der Waals surface area contributed by atoms with Crippen LogP contribution in [-0.2, 0) is 5.41 Å². The van der Waals surface area contributed by atoms with Crippen molar-refractivity contribution in [1.29, 1.82) is 5.26 Å². The Morgan fingerprint density at radius 1 is 1.22 bits per heavy atom. The van der Waals surface area contributed by atoms with E-state index in [1.807, 2.05) is 6.07 Å². The fourth-order valence-corrected chi connectivity index (χ4v) is 4.90. The zero-order valence-electron chi connectivity index (χ0n) is 21.0. The lowest BCUT2D eigenvalue weighted by Gasteiger charge is -2.21. The number of aromatic nitrogens is 3. The van der Waals surface area contributed by atoms with Gasteiger partial charge in [0.05, 0.1) is 22.9 Å². The highest BCUT2D eigenvalue weighted by molar-refractivity contribution is 5.88. The van der Waals surface area contributed by atoms with E-state index < -0.39 is 23.4 Å². The smallest absolute Gasteiger partial charge is 0.220 e. The molecule has 3 atom stereocenters. The number of nitrogens with zero attached hydrogens (tertiary/aromatic N) is 5. The van der Waals surface area contributed by atoms with Crippen molar-refractivity contribution in [2.45, 2.75) is 63.8 Å². The van der Waals surface area contributed by atoms with Gasteiger partial charge in [-0.3, -0.25) is 0 Å². The highest BCUT2D eigenvalue weighted by Crippen LogP contribution is 2.51. The molecule has 7 nitrogen and oxygen atoms in total. The molecule has 1 aliphatic carbocycles. The molecule has 1 N–H and O–H groups in total. The Morgan fingerprint density at radius 2 is 1.97 bits per heavy atom. The maximum absolute atomic E-state index is 15.0. The average Bonchev–Trinajstić information content (AvgIpc) is 3.53. The van der Waals surface area contributed by atoms with Gasteiger partial charge >= 0.3 is 0 Å². The molecular weight excluding hydrogens is 462 g/mol. The lowest BCUT2D eigenvalue weighted by Crippen LogP contribution is -2.23. The van der Waals surface area contributed by atoms with Crippen LogP contribution in [0.2, 0.25) is 0 Å². The molecular formula is C27H30F2N6O. The van der Waals surface area contributed by atoms with Gasteiger partial charge in [-0.05, 0) is 53.1 Å². The van der Waals surface area contributed by atoms with Crippen LogP contribution in [0.4, 0.5) is 14.6 Å². The first-order valence-corrected chi connectivity index (χ1v) is 12.4. The second-order valence-corrected chi connectivity index (χ2v) is 10.0. The molecule has 3 aromatic rings. The molecule has 1 saturated carbocycles. The van der Waals surface area contributed by atoms with Crippen LogP contribution >= 0.6 is 0 Å². The van der Waals surface area contributed by atoms with Gasteiger partial charge in [-0.1, -0.05) is 18.2 Å². The molecule has 0 amide bonds. The van der Waals surface area contributed by atoms with Crippen LogP contribution in [0.15, 0.2) is 24.3 Å². The second kappa shape index (κ2) is 9.25. The van der Waals surface area contributed by atoms with Gasteiger partial charge in [0.15, 0.2) is 5.65 Å². The number of nitriles is 1. The standard InChI is InChI=1S/C27H30F2N6O/c1-15(28)19-6-5-7-20(23(19)29)16(2)31-24-21-12-22(27(14-30)9-10-27)26(34-25(21)33-17(3)32-24)36-18-8-11-35(4)13-18/h5-7,12,15-16,18H,8-11,13H2,1-4H3,(H,31,32,33,34)/t15?,16-,18-/m1/s1. The summed E-state index contributed by atoms with van der Waals surface area (Å²) in [5, 5.41) is 13.9. The summed E-state index contributed by atoms with van der Waals surface area (Å²) < 4.78 is 35.3. The summed E-state index contributed by atoms with van der Waals surface area (Å²) >= 11 is 0. The molecule has 2 aromatic heterocycles. The fourth-order valence-electron chi connectivity index (χ4n) is 4.90. The normalized spacial score (nSPS) is 20.6. The predicted molar refractivity (Wildman–Crippen MR) is 133 cm³/mol. The Balaban J connectivity index is 1.56. The number of alkyl halides is 1. The van der Waals surface area contributed by atoms with Gasteiger partial charge in [0, 0.05) is 29.8 Å². The van der Waals surface area contributed by atoms with Gasteiger partial charge in [0.2, 0.25) is 5.88 Å². The summed E-state index contributed by atoms with van der Waals surface area (Å²) in [6.07, 6.45) is 0.961. The number of halogens is 2. The summed E-state index contributed by atoms with van der Waals surface area (Å²) in [5.41, 5.74) is 0.928. The maximum atomic E-state index is 15.0.